The molecule has 2 aromatic carbocycles. The number of benzene rings is 2. The minimum atomic E-state index is -0.382. The lowest BCUT2D eigenvalue weighted by Crippen LogP contribution is -2.07. The SMILES string of the molecule is C=CCOC(=O)c1cc(-c2ccccc2)nc2ccc(Br)cc12. The molecule has 0 atom stereocenters. The zero-order valence-corrected chi connectivity index (χ0v) is 13.9. The van der Waals surface area contributed by atoms with Crippen LogP contribution in [-0.2, 0) is 4.74 Å². The van der Waals surface area contributed by atoms with Gasteiger partial charge in [0, 0.05) is 15.4 Å². The number of nitrogens with zero attached hydrogens (tertiary/aromatic N) is 1. The van der Waals surface area contributed by atoms with Crippen LogP contribution in [0, 0.1) is 0 Å². The monoisotopic (exact) mass is 367 g/mol. The van der Waals surface area contributed by atoms with Gasteiger partial charge < -0.3 is 4.74 Å². The van der Waals surface area contributed by atoms with E-state index in [1.807, 2.05) is 48.5 Å². The van der Waals surface area contributed by atoms with Gasteiger partial charge in [-0.05, 0) is 24.3 Å². The average Bonchev–Trinajstić information content (AvgIpc) is 2.59. The molecule has 114 valence electrons. The maximum Gasteiger partial charge on any atom is 0.339 e. The molecule has 0 aliphatic heterocycles. The average molecular weight is 368 g/mol. The Bertz CT molecular complexity index is 875. The molecular formula is C19H14BrNO2. The third kappa shape index (κ3) is 3.32. The molecule has 0 radical (unpaired) electrons. The summed E-state index contributed by atoms with van der Waals surface area (Å²) in [6, 6.07) is 17.2. The summed E-state index contributed by atoms with van der Waals surface area (Å²) < 4.78 is 6.10. The number of esters is 1. The van der Waals surface area contributed by atoms with E-state index < -0.39 is 0 Å². The molecule has 0 spiro atoms. The Kier molecular flexibility index (Phi) is 4.53. The van der Waals surface area contributed by atoms with Crippen LogP contribution in [0.3, 0.4) is 0 Å². The molecule has 0 saturated carbocycles. The third-order valence-electron chi connectivity index (χ3n) is 3.39. The Morgan fingerprint density at radius 1 is 1.17 bits per heavy atom. The van der Waals surface area contributed by atoms with Gasteiger partial charge in [0.25, 0.3) is 0 Å². The Balaban J connectivity index is 2.19. The second-order valence-electron chi connectivity index (χ2n) is 4.97. The lowest BCUT2D eigenvalue weighted by Gasteiger charge is -2.10. The topological polar surface area (TPSA) is 39.2 Å². The van der Waals surface area contributed by atoms with Crippen molar-refractivity contribution in [1.29, 1.82) is 0 Å². The van der Waals surface area contributed by atoms with Crippen molar-refractivity contribution in [3.05, 3.63) is 77.3 Å². The van der Waals surface area contributed by atoms with Crippen LogP contribution in [0.4, 0.5) is 0 Å². The van der Waals surface area contributed by atoms with Crippen LogP contribution in [-0.4, -0.2) is 17.6 Å². The van der Waals surface area contributed by atoms with E-state index >= 15 is 0 Å². The largest absolute Gasteiger partial charge is 0.458 e. The van der Waals surface area contributed by atoms with Crippen LogP contribution in [0.15, 0.2) is 71.7 Å². The van der Waals surface area contributed by atoms with Crippen molar-refractivity contribution in [3.63, 3.8) is 0 Å². The fourth-order valence-corrected chi connectivity index (χ4v) is 2.70. The molecule has 0 fully saturated rings. The van der Waals surface area contributed by atoms with E-state index in [1.54, 1.807) is 12.1 Å². The number of halogens is 1. The number of hydrogen-bond acceptors (Lipinski definition) is 3. The first kappa shape index (κ1) is 15.4. The summed E-state index contributed by atoms with van der Waals surface area (Å²) >= 11 is 3.44. The number of carbonyl (C=O) groups is 1. The van der Waals surface area contributed by atoms with Crippen LogP contribution in [0.25, 0.3) is 22.2 Å². The first-order valence-electron chi connectivity index (χ1n) is 7.13. The van der Waals surface area contributed by atoms with Crippen molar-refractivity contribution < 1.29 is 9.53 Å². The highest BCUT2D eigenvalue weighted by atomic mass is 79.9. The number of hydrogen-bond donors (Lipinski definition) is 0. The van der Waals surface area contributed by atoms with Crippen molar-refractivity contribution in [1.82, 2.24) is 4.98 Å². The molecule has 1 heterocycles. The Labute approximate surface area is 142 Å². The number of carbonyl (C=O) groups excluding carboxylic acids is 1. The Morgan fingerprint density at radius 3 is 2.70 bits per heavy atom. The van der Waals surface area contributed by atoms with Gasteiger partial charge in [-0.2, -0.15) is 0 Å². The maximum atomic E-state index is 12.4. The standard InChI is InChI=1S/C19H14BrNO2/c1-2-10-23-19(22)16-12-18(13-6-4-3-5-7-13)21-17-9-8-14(20)11-15(16)17/h2-9,11-12H,1,10H2. The van der Waals surface area contributed by atoms with Gasteiger partial charge in [0.05, 0.1) is 16.8 Å². The number of rotatable bonds is 4. The molecule has 1 aromatic heterocycles. The van der Waals surface area contributed by atoms with Gasteiger partial charge in [-0.15, -0.1) is 0 Å². The van der Waals surface area contributed by atoms with Crippen LogP contribution in [0.2, 0.25) is 0 Å². The lowest BCUT2D eigenvalue weighted by molar-refractivity contribution is 0.0552. The first-order chi connectivity index (χ1) is 11.2. The summed E-state index contributed by atoms with van der Waals surface area (Å²) in [5, 5.41) is 0.758. The zero-order chi connectivity index (χ0) is 16.2. The summed E-state index contributed by atoms with van der Waals surface area (Å²) in [6.07, 6.45) is 1.55. The van der Waals surface area contributed by atoms with Gasteiger partial charge in [0.15, 0.2) is 0 Å². The fourth-order valence-electron chi connectivity index (χ4n) is 2.34. The second-order valence-corrected chi connectivity index (χ2v) is 5.89. The van der Waals surface area contributed by atoms with E-state index in [-0.39, 0.29) is 12.6 Å². The van der Waals surface area contributed by atoms with E-state index in [2.05, 4.69) is 27.5 Å². The Morgan fingerprint density at radius 2 is 1.96 bits per heavy atom. The number of ether oxygens (including phenoxy) is 1. The summed E-state index contributed by atoms with van der Waals surface area (Å²) in [5.74, 6) is -0.382. The molecule has 0 aliphatic rings. The van der Waals surface area contributed by atoms with Gasteiger partial charge in [-0.25, -0.2) is 9.78 Å². The molecule has 3 aromatic rings. The molecule has 4 heteroatoms. The van der Waals surface area contributed by atoms with Crippen LogP contribution >= 0.6 is 15.9 Å². The van der Waals surface area contributed by atoms with Gasteiger partial charge in [0.1, 0.15) is 6.61 Å². The molecule has 0 N–H and O–H groups in total. The van der Waals surface area contributed by atoms with Crippen LogP contribution in [0.5, 0.6) is 0 Å². The van der Waals surface area contributed by atoms with E-state index in [0.29, 0.717) is 5.56 Å². The highest BCUT2D eigenvalue weighted by molar-refractivity contribution is 9.10. The van der Waals surface area contributed by atoms with Crippen molar-refractivity contribution in [2.45, 2.75) is 0 Å². The van der Waals surface area contributed by atoms with Crippen molar-refractivity contribution in [3.8, 4) is 11.3 Å². The van der Waals surface area contributed by atoms with E-state index in [4.69, 9.17) is 4.74 Å². The highest BCUT2D eigenvalue weighted by Crippen LogP contribution is 2.27. The normalized spacial score (nSPS) is 10.5. The molecule has 0 aliphatic carbocycles. The fraction of sp³-hybridized carbons (Fsp3) is 0.0526. The minimum Gasteiger partial charge on any atom is -0.458 e. The smallest absolute Gasteiger partial charge is 0.339 e. The lowest BCUT2D eigenvalue weighted by atomic mass is 10.0. The van der Waals surface area contributed by atoms with E-state index in [9.17, 15) is 4.79 Å². The summed E-state index contributed by atoms with van der Waals surface area (Å²) in [6.45, 7) is 3.75. The van der Waals surface area contributed by atoms with E-state index in [1.165, 1.54) is 0 Å². The zero-order valence-electron chi connectivity index (χ0n) is 12.3. The summed E-state index contributed by atoms with van der Waals surface area (Å²) in [7, 11) is 0. The van der Waals surface area contributed by atoms with E-state index in [0.717, 1.165) is 26.6 Å². The van der Waals surface area contributed by atoms with Gasteiger partial charge in [-0.1, -0.05) is 58.9 Å². The van der Waals surface area contributed by atoms with Crippen molar-refractivity contribution in [2.24, 2.45) is 0 Å². The molecule has 0 amide bonds. The number of fused-ring (bicyclic) bond motifs is 1. The van der Waals surface area contributed by atoms with Gasteiger partial charge in [0.2, 0.25) is 0 Å². The van der Waals surface area contributed by atoms with Crippen LogP contribution in [0.1, 0.15) is 10.4 Å². The predicted octanol–water partition coefficient (Wildman–Crippen LogP) is 5.01. The second kappa shape index (κ2) is 6.75. The minimum absolute atomic E-state index is 0.178. The van der Waals surface area contributed by atoms with Gasteiger partial charge in [-0.3, -0.25) is 0 Å². The molecular weight excluding hydrogens is 354 g/mol. The molecule has 3 rings (SSSR count). The quantitative estimate of drug-likeness (QED) is 0.480. The molecule has 0 bridgehead atoms. The number of aromatic nitrogens is 1. The van der Waals surface area contributed by atoms with Gasteiger partial charge >= 0.3 is 5.97 Å². The molecule has 0 unspecified atom stereocenters. The summed E-state index contributed by atoms with van der Waals surface area (Å²) in [5.41, 5.74) is 2.94. The third-order valence-corrected chi connectivity index (χ3v) is 3.89. The number of pyridine rings is 1. The molecule has 0 saturated heterocycles. The van der Waals surface area contributed by atoms with Crippen molar-refractivity contribution in [2.75, 3.05) is 6.61 Å². The highest BCUT2D eigenvalue weighted by Gasteiger charge is 2.15. The Hall–Kier alpha value is -2.46. The van der Waals surface area contributed by atoms with Crippen molar-refractivity contribution >= 4 is 32.8 Å². The first-order valence-corrected chi connectivity index (χ1v) is 7.92. The predicted molar refractivity (Wildman–Crippen MR) is 95.4 cm³/mol. The maximum absolute atomic E-state index is 12.4. The summed E-state index contributed by atoms with van der Waals surface area (Å²) in [4.78, 5) is 17.1. The molecule has 3 nitrogen and oxygen atoms in total. The van der Waals surface area contributed by atoms with Crippen LogP contribution < -0.4 is 0 Å². The molecule has 23 heavy (non-hydrogen) atoms.